The van der Waals surface area contributed by atoms with Gasteiger partial charge in [-0.15, -0.1) is 0 Å². The van der Waals surface area contributed by atoms with Gasteiger partial charge in [0.25, 0.3) is 0 Å². The van der Waals surface area contributed by atoms with Gasteiger partial charge in [0.15, 0.2) is 11.5 Å². The van der Waals surface area contributed by atoms with Gasteiger partial charge < -0.3 is 20.5 Å². The predicted molar refractivity (Wildman–Crippen MR) is 81.1 cm³/mol. The van der Waals surface area contributed by atoms with Crippen molar-refractivity contribution in [3.05, 3.63) is 54.1 Å². The number of benzene rings is 2. The molecule has 106 valence electrons. The van der Waals surface area contributed by atoms with E-state index in [0.29, 0.717) is 22.9 Å². The summed E-state index contributed by atoms with van der Waals surface area (Å²) in [5.41, 5.74) is 7.75. The lowest BCUT2D eigenvalue weighted by molar-refractivity contribution is -0.111. The molecular weight excluding hydrogens is 268 g/mol. The second-order valence-corrected chi connectivity index (χ2v) is 4.52. The Kier molecular flexibility index (Phi) is 3.47. The molecule has 3 N–H and O–H groups in total. The molecule has 0 bridgehead atoms. The Balaban J connectivity index is 1.68. The Morgan fingerprint density at radius 2 is 1.95 bits per heavy atom. The van der Waals surface area contributed by atoms with Crippen LogP contribution >= 0.6 is 0 Å². The van der Waals surface area contributed by atoms with Gasteiger partial charge in [0, 0.05) is 6.08 Å². The van der Waals surface area contributed by atoms with Crippen molar-refractivity contribution in [2.24, 2.45) is 0 Å². The van der Waals surface area contributed by atoms with Crippen molar-refractivity contribution in [1.29, 1.82) is 0 Å². The minimum absolute atomic E-state index is 0.232. The number of nitrogen functional groups attached to an aromatic ring is 1. The zero-order chi connectivity index (χ0) is 14.7. The molecule has 21 heavy (non-hydrogen) atoms. The molecule has 1 heterocycles. The number of hydrogen-bond acceptors (Lipinski definition) is 4. The number of nitrogens with one attached hydrogen (secondary N) is 1. The van der Waals surface area contributed by atoms with Gasteiger partial charge in [0.1, 0.15) is 0 Å². The van der Waals surface area contributed by atoms with Crippen LogP contribution in [-0.2, 0) is 4.79 Å². The number of carbonyl (C=O) groups is 1. The molecule has 1 aliphatic rings. The smallest absolute Gasteiger partial charge is 0.248 e. The molecule has 3 rings (SSSR count). The first-order valence-electron chi connectivity index (χ1n) is 6.45. The monoisotopic (exact) mass is 282 g/mol. The van der Waals surface area contributed by atoms with E-state index in [4.69, 9.17) is 15.2 Å². The summed E-state index contributed by atoms with van der Waals surface area (Å²) in [4.78, 5) is 11.9. The van der Waals surface area contributed by atoms with Crippen LogP contribution in [0.1, 0.15) is 5.56 Å². The van der Waals surface area contributed by atoms with Crippen molar-refractivity contribution in [1.82, 2.24) is 0 Å². The van der Waals surface area contributed by atoms with Crippen LogP contribution in [0.2, 0.25) is 0 Å². The van der Waals surface area contributed by atoms with Gasteiger partial charge in [0.05, 0.1) is 11.4 Å². The minimum Gasteiger partial charge on any atom is -0.454 e. The quantitative estimate of drug-likeness (QED) is 0.670. The van der Waals surface area contributed by atoms with Crippen LogP contribution in [0.5, 0.6) is 11.5 Å². The van der Waals surface area contributed by atoms with E-state index in [1.807, 2.05) is 30.3 Å². The maximum Gasteiger partial charge on any atom is 0.248 e. The third-order valence-electron chi connectivity index (χ3n) is 3.04. The Hall–Kier alpha value is -2.95. The summed E-state index contributed by atoms with van der Waals surface area (Å²) in [5, 5.41) is 2.73. The maximum atomic E-state index is 11.9. The fraction of sp³-hybridized carbons (Fsp3) is 0.0625. The van der Waals surface area contributed by atoms with E-state index in [0.717, 1.165) is 5.56 Å². The highest BCUT2D eigenvalue weighted by Crippen LogP contribution is 2.32. The first-order chi connectivity index (χ1) is 10.2. The number of rotatable bonds is 3. The van der Waals surface area contributed by atoms with Gasteiger partial charge in [-0.1, -0.05) is 18.2 Å². The third kappa shape index (κ3) is 2.97. The fourth-order valence-corrected chi connectivity index (χ4v) is 1.97. The summed E-state index contributed by atoms with van der Waals surface area (Å²) in [6.45, 7) is 0.232. The molecule has 0 saturated carbocycles. The number of carbonyl (C=O) groups excluding carboxylic acids is 1. The molecular formula is C16H14N2O3. The molecule has 2 aromatic rings. The van der Waals surface area contributed by atoms with Gasteiger partial charge in [-0.2, -0.15) is 0 Å². The van der Waals surface area contributed by atoms with E-state index < -0.39 is 0 Å². The van der Waals surface area contributed by atoms with Crippen LogP contribution in [0, 0.1) is 0 Å². The van der Waals surface area contributed by atoms with E-state index in [-0.39, 0.29) is 12.7 Å². The average molecular weight is 282 g/mol. The van der Waals surface area contributed by atoms with Crippen LogP contribution < -0.4 is 20.5 Å². The molecule has 0 fully saturated rings. The Morgan fingerprint density at radius 1 is 1.14 bits per heavy atom. The molecule has 0 atom stereocenters. The lowest BCUT2D eigenvalue weighted by atomic mass is 10.2. The van der Waals surface area contributed by atoms with Crippen molar-refractivity contribution in [3.63, 3.8) is 0 Å². The number of ether oxygens (including phenoxy) is 2. The Bertz CT molecular complexity index is 710. The zero-order valence-electron chi connectivity index (χ0n) is 11.2. The number of nitrogens with two attached hydrogens (primary N) is 1. The van der Waals surface area contributed by atoms with Crippen LogP contribution in [0.15, 0.2) is 48.5 Å². The SMILES string of the molecule is Nc1ccccc1NC(=O)/C=C/c1ccc2c(c1)OCO2. The zero-order valence-corrected chi connectivity index (χ0v) is 11.2. The molecule has 1 amide bonds. The van der Waals surface area contributed by atoms with Gasteiger partial charge in [-0.05, 0) is 35.9 Å². The summed E-state index contributed by atoms with van der Waals surface area (Å²) in [6.07, 6.45) is 3.15. The van der Waals surface area contributed by atoms with Crippen molar-refractivity contribution < 1.29 is 14.3 Å². The number of fused-ring (bicyclic) bond motifs is 1. The largest absolute Gasteiger partial charge is 0.454 e. The number of amides is 1. The summed E-state index contributed by atoms with van der Waals surface area (Å²) in [5.74, 6) is 1.16. The second kappa shape index (κ2) is 5.58. The highest BCUT2D eigenvalue weighted by Gasteiger charge is 2.12. The minimum atomic E-state index is -0.245. The number of hydrogen-bond donors (Lipinski definition) is 2. The van der Waals surface area contributed by atoms with Crippen molar-refractivity contribution in [2.75, 3.05) is 17.8 Å². The molecule has 1 aliphatic heterocycles. The van der Waals surface area contributed by atoms with Gasteiger partial charge in [-0.3, -0.25) is 4.79 Å². The molecule has 0 spiro atoms. The molecule has 0 radical (unpaired) electrons. The van der Waals surface area contributed by atoms with Crippen molar-refractivity contribution >= 4 is 23.4 Å². The van der Waals surface area contributed by atoms with Crippen LogP contribution in [0.4, 0.5) is 11.4 Å². The lowest BCUT2D eigenvalue weighted by Crippen LogP contribution is -2.09. The maximum absolute atomic E-state index is 11.9. The van der Waals surface area contributed by atoms with E-state index in [1.165, 1.54) is 6.08 Å². The molecule has 0 aromatic heterocycles. The predicted octanol–water partition coefficient (Wildman–Crippen LogP) is 2.65. The highest BCUT2D eigenvalue weighted by molar-refractivity contribution is 6.03. The van der Waals surface area contributed by atoms with Gasteiger partial charge in [0.2, 0.25) is 12.7 Å². The summed E-state index contributed by atoms with van der Waals surface area (Å²) >= 11 is 0. The van der Waals surface area contributed by atoms with E-state index >= 15 is 0 Å². The Morgan fingerprint density at radius 3 is 2.81 bits per heavy atom. The van der Waals surface area contributed by atoms with Crippen LogP contribution in [-0.4, -0.2) is 12.7 Å². The van der Waals surface area contributed by atoms with E-state index in [9.17, 15) is 4.79 Å². The standard InChI is InChI=1S/C16H14N2O3/c17-12-3-1-2-4-13(12)18-16(19)8-6-11-5-7-14-15(9-11)21-10-20-14/h1-9H,10,17H2,(H,18,19)/b8-6+. The average Bonchev–Trinajstić information content (AvgIpc) is 2.95. The fourth-order valence-electron chi connectivity index (χ4n) is 1.97. The third-order valence-corrected chi connectivity index (χ3v) is 3.04. The topological polar surface area (TPSA) is 73.6 Å². The van der Waals surface area contributed by atoms with Crippen molar-refractivity contribution in [2.45, 2.75) is 0 Å². The van der Waals surface area contributed by atoms with E-state index in [2.05, 4.69) is 5.32 Å². The van der Waals surface area contributed by atoms with Crippen LogP contribution in [0.3, 0.4) is 0 Å². The lowest BCUT2D eigenvalue weighted by Gasteiger charge is -2.05. The summed E-state index contributed by atoms with van der Waals surface area (Å²) in [7, 11) is 0. The normalized spacial score (nSPS) is 12.6. The molecule has 5 nitrogen and oxygen atoms in total. The van der Waals surface area contributed by atoms with E-state index in [1.54, 1.807) is 18.2 Å². The van der Waals surface area contributed by atoms with Crippen LogP contribution in [0.25, 0.3) is 6.08 Å². The molecule has 0 saturated heterocycles. The summed E-state index contributed by atoms with van der Waals surface area (Å²) in [6, 6.07) is 12.6. The molecule has 2 aromatic carbocycles. The second-order valence-electron chi connectivity index (χ2n) is 4.52. The Labute approximate surface area is 122 Å². The molecule has 5 heteroatoms. The number of para-hydroxylation sites is 2. The number of anilines is 2. The highest BCUT2D eigenvalue weighted by atomic mass is 16.7. The van der Waals surface area contributed by atoms with Gasteiger partial charge >= 0.3 is 0 Å². The molecule has 0 unspecified atom stereocenters. The first-order valence-corrected chi connectivity index (χ1v) is 6.45. The summed E-state index contributed by atoms with van der Waals surface area (Å²) < 4.78 is 10.5. The van der Waals surface area contributed by atoms with Crippen molar-refractivity contribution in [3.8, 4) is 11.5 Å². The van der Waals surface area contributed by atoms with Gasteiger partial charge in [-0.25, -0.2) is 0 Å². The first kappa shape index (κ1) is 13.1. The molecule has 0 aliphatic carbocycles.